The number of fused-ring (bicyclic) bond motifs is 5. The summed E-state index contributed by atoms with van der Waals surface area (Å²) in [5.41, 5.74) is 5.14. The summed E-state index contributed by atoms with van der Waals surface area (Å²) in [5.74, 6) is 0.922. The highest BCUT2D eigenvalue weighted by atomic mass is 16.5. The standard InChI is InChI=1S/C14H15N3O/c1-18-9-2-3-12-11(6-9)10-4-5-17-8-15-7-13(17)14(10)16-12/h2-3,6-7,15-16H,4-5,8H2,1H3. The van der Waals surface area contributed by atoms with Crippen molar-refractivity contribution in [2.75, 3.05) is 20.3 Å². The summed E-state index contributed by atoms with van der Waals surface area (Å²) in [5, 5.41) is 4.58. The Balaban J connectivity index is 1.97. The normalized spacial score (nSPS) is 17.2. The van der Waals surface area contributed by atoms with Gasteiger partial charge in [0.05, 0.1) is 25.2 Å². The Hall–Kier alpha value is -2.10. The van der Waals surface area contributed by atoms with Crippen LogP contribution >= 0.6 is 0 Å². The first-order valence-corrected chi connectivity index (χ1v) is 6.24. The molecule has 0 radical (unpaired) electrons. The fourth-order valence-corrected chi connectivity index (χ4v) is 2.94. The van der Waals surface area contributed by atoms with Gasteiger partial charge in [0.25, 0.3) is 0 Å². The van der Waals surface area contributed by atoms with Gasteiger partial charge in [0.15, 0.2) is 0 Å². The van der Waals surface area contributed by atoms with E-state index in [0.29, 0.717) is 0 Å². The number of nitrogens with zero attached hydrogens (tertiary/aromatic N) is 1. The van der Waals surface area contributed by atoms with Crippen LogP contribution in [0.2, 0.25) is 0 Å². The van der Waals surface area contributed by atoms with Crippen molar-refractivity contribution in [3.05, 3.63) is 35.7 Å². The van der Waals surface area contributed by atoms with Gasteiger partial charge in [0.1, 0.15) is 5.75 Å². The van der Waals surface area contributed by atoms with Crippen molar-refractivity contribution in [3.63, 3.8) is 0 Å². The maximum absolute atomic E-state index is 5.32. The van der Waals surface area contributed by atoms with Crippen LogP contribution in [0.25, 0.3) is 16.6 Å². The monoisotopic (exact) mass is 241 g/mol. The average Bonchev–Trinajstić information content (AvgIpc) is 3.01. The maximum Gasteiger partial charge on any atom is 0.119 e. The first kappa shape index (κ1) is 9.88. The van der Waals surface area contributed by atoms with E-state index in [9.17, 15) is 0 Å². The fraction of sp³-hybridized carbons (Fsp3) is 0.286. The third-order valence-electron chi connectivity index (χ3n) is 3.86. The lowest BCUT2D eigenvalue weighted by Gasteiger charge is -2.26. The Morgan fingerprint density at radius 3 is 3.17 bits per heavy atom. The van der Waals surface area contributed by atoms with Crippen LogP contribution < -0.4 is 10.1 Å². The number of aromatic nitrogens is 1. The van der Waals surface area contributed by atoms with Crippen LogP contribution in [0.3, 0.4) is 0 Å². The summed E-state index contributed by atoms with van der Waals surface area (Å²) in [6, 6.07) is 6.23. The highest BCUT2D eigenvalue weighted by Crippen LogP contribution is 2.35. The largest absolute Gasteiger partial charge is 0.497 e. The third kappa shape index (κ3) is 1.20. The molecular weight excluding hydrogens is 226 g/mol. The summed E-state index contributed by atoms with van der Waals surface area (Å²) in [6.07, 6.45) is 3.19. The summed E-state index contributed by atoms with van der Waals surface area (Å²) in [7, 11) is 1.71. The van der Waals surface area contributed by atoms with Crippen molar-refractivity contribution >= 4 is 16.6 Å². The highest BCUT2D eigenvalue weighted by Gasteiger charge is 2.27. The van der Waals surface area contributed by atoms with E-state index in [1.807, 2.05) is 6.07 Å². The predicted molar refractivity (Wildman–Crippen MR) is 71.2 cm³/mol. The Morgan fingerprint density at radius 2 is 2.28 bits per heavy atom. The van der Waals surface area contributed by atoms with Crippen LogP contribution in [0.4, 0.5) is 0 Å². The molecule has 0 saturated heterocycles. The van der Waals surface area contributed by atoms with Gasteiger partial charge in [-0.15, -0.1) is 0 Å². The van der Waals surface area contributed by atoms with Crippen molar-refractivity contribution < 1.29 is 4.74 Å². The number of rotatable bonds is 1. The SMILES string of the molecule is COc1ccc2[nH]c3c(c2c1)CCN1CNC=C31. The molecule has 0 bridgehead atoms. The van der Waals surface area contributed by atoms with Crippen LogP contribution in [0, 0.1) is 0 Å². The van der Waals surface area contributed by atoms with Crippen LogP contribution in [0.5, 0.6) is 5.75 Å². The Labute approximate surface area is 105 Å². The number of ether oxygens (including phenoxy) is 1. The molecular formula is C14H15N3O. The van der Waals surface area contributed by atoms with E-state index in [4.69, 9.17) is 4.74 Å². The molecule has 1 aromatic carbocycles. The number of aromatic amines is 1. The second kappa shape index (κ2) is 3.45. The first-order valence-electron chi connectivity index (χ1n) is 6.24. The van der Waals surface area contributed by atoms with Crippen molar-refractivity contribution in [1.82, 2.24) is 15.2 Å². The lowest BCUT2D eigenvalue weighted by atomic mass is 10.0. The van der Waals surface area contributed by atoms with Gasteiger partial charge < -0.3 is 19.9 Å². The van der Waals surface area contributed by atoms with Gasteiger partial charge in [0.2, 0.25) is 0 Å². The number of methoxy groups -OCH3 is 1. The number of hydrogen-bond donors (Lipinski definition) is 2. The van der Waals surface area contributed by atoms with Gasteiger partial charge in [-0.05, 0) is 30.2 Å². The van der Waals surface area contributed by atoms with Crippen LogP contribution in [-0.2, 0) is 6.42 Å². The molecule has 4 heteroatoms. The van der Waals surface area contributed by atoms with Gasteiger partial charge in [-0.2, -0.15) is 0 Å². The summed E-state index contributed by atoms with van der Waals surface area (Å²) < 4.78 is 5.32. The molecule has 18 heavy (non-hydrogen) atoms. The van der Waals surface area contributed by atoms with Crippen molar-refractivity contribution in [2.24, 2.45) is 0 Å². The van der Waals surface area contributed by atoms with Gasteiger partial charge in [-0.25, -0.2) is 0 Å². The minimum absolute atomic E-state index is 0.922. The zero-order valence-corrected chi connectivity index (χ0v) is 10.3. The molecule has 0 unspecified atom stereocenters. The molecule has 2 N–H and O–H groups in total. The van der Waals surface area contributed by atoms with Gasteiger partial charge in [-0.1, -0.05) is 0 Å². The number of H-pyrrole nitrogens is 1. The van der Waals surface area contributed by atoms with Crippen molar-refractivity contribution in [3.8, 4) is 5.75 Å². The Kier molecular flexibility index (Phi) is 1.89. The van der Waals surface area contributed by atoms with Crippen molar-refractivity contribution in [2.45, 2.75) is 6.42 Å². The second-order valence-corrected chi connectivity index (χ2v) is 4.80. The zero-order chi connectivity index (χ0) is 12.1. The lowest BCUT2D eigenvalue weighted by molar-refractivity contribution is 0.402. The van der Waals surface area contributed by atoms with E-state index in [1.165, 1.54) is 27.9 Å². The minimum Gasteiger partial charge on any atom is -0.497 e. The molecule has 0 spiro atoms. The van der Waals surface area contributed by atoms with E-state index in [-0.39, 0.29) is 0 Å². The van der Waals surface area contributed by atoms with Gasteiger partial charge >= 0.3 is 0 Å². The maximum atomic E-state index is 5.32. The van der Waals surface area contributed by atoms with Crippen LogP contribution in [0.15, 0.2) is 24.4 Å². The average molecular weight is 241 g/mol. The van der Waals surface area contributed by atoms with E-state index in [0.717, 1.165) is 25.4 Å². The third-order valence-corrected chi connectivity index (χ3v) is 3.86. The number of nitrogens with one attached hydrogen (secondary N) is 2. The minimum atomic E-state index is 0.922. The second-order valence-electron chi connectivity index (χ2n) is 4.80. The Bertz CT molecular complexity index is 656. The molecule has 0 amide bonds. The fourth-order valence-electron chi connectivity index (χ4n) is 2.94. The van der Waals surface area contributed by atoms with Gasteiger partial charge in [0, 0.05) is 23.6 Å². The molecule has 0 fully saturated rings. The molecule has 0 atom stereocenters. The lowest BCUT2D eigenvalue weighted by Crippen LogP contribution is -2.29. The summed E-state index contributed by atoms with van der Waals surface area (Å²) >= 11 is 0. The summed E-state index contributed by atoms with van der Waals surface area (Å²) in [6.45, 7) is 2.00. The smallest absolute Gasteiger partial charge is 0.119 e. The quantitative estimate of drug-likeness (QED) is 0.801. The zero-order valence-electron chi connectivity index (χ0n) is 10.3. The van der Waals surface area contributed by atoms with E-state index < -0.39 is 0 Å². The molecule has 2 aromatic rings. The van der Waals surface area contributed by atoms with Gasteiger partial charge in [-0.3, -0.25) is 0 Å². The Morgan fingerprint density at radius 1 is 1.33 bits per heavy atom. The first-order chi connectivity index (χ1) is 8.86. The molecule has 2 aliphatic heterocycles. The van der Waals surface area contributed by atoms with E-state index in [2.05, 4.69) is 33.5 Å². The molecule has 92 valence electrons. The molecule has 4 nitrogen and oxygen atoms in total. The molecule has 3 heterocycles. The van der Waals surface area contributed by atoms with E-state index in [1.54, 1.807) is 7.11 Å². The topological polar surface area (TPSA) is 40.3 Å². The summed E-state index contributed by atoms with van der Waals surface area (Å²) in [4.78, 5) is 5.90. The van der Waals surface area contributed by atoms with Crippen LogP contribution in [-0.4, -0.2) is 30.2 Å². The molecule has 4 rings (SSSR count). The number of hydrogen-bond acceptors (Lipinski definition) is 3. The predicted octanol–water partition coefficient (Wildman–Crippen LogP) is 1.89. The molecule has 1 aromatic heterocycles. The molecule has 2 aliphatic rings. The van der Waals surface area contributed by atoms with E-state index >= 15 is 0 Å². The van der Waals surface area contributed by atoms with Crippen molar-refractivity contribution in [1.29, 1.82) is 0 Å². The number of benzene rings is 1. The molecule has 0 saturated carbocycles. The van der Waals surface area contributed by atoms with Crippen LogP contribution in [0.1, 0.15) is 11.3 Å². The molecule has 0 aliphatic carbocycles. The highest BCUT2D eigenvalue weighted by molar-refractivity contribution is 5.91.